The zero-order chi connectivity index (χ0) is 11.6. The maximum Gasteiger partial charge on any atom is 0.0897 e. The van der Waals surface area contributed by atoms with Crippen LogP contribution in [0.1, 0.15) is 17.1 Å². The molecule has 0 atom stereocenters. The molecule has 0 radical (unpaired) electrons. The van der Waals surface area contributed by atoms with Crippen molar-refractivity contribution < 1.29 is 4.74 Å². The second-order valence-electron chi connectivity index (χ2n) is 3.56. The van der Waals surface area contributed by atoms with Crippen molar-refractivity contribution in [2.75, 3.05) is 26.8 Å². The Bertz CT molecular complexity index is 310. The number of nitrogens with one attached hydrogen (secondary N) is 1. The highest BCUT2D eigenvalue weighted by Crippen LogP contribution is 2.08. The Kier molecular flexibility index (Phi) is 7.05. The van der Waals surface area contributed by atoms with E-state index in [0.717, 1.165) is 37.5 Å². The van der Waals surface area contributed by atoms with E-state index in [9.17, 15) is 0 Å². The summed E-state index contributed by atoms with van der Waals surface area (Å²) in [5, 5.41) is 6.56. The lowest BCUT2D eigenvalue weighted by Crippen LogP contribution is -2.19. The standard InChI is InChI=1S/C12H20N2OS/c1-11-14-12(10-16-11)6-4-3-5-7-13-8-9-15-2/h3-4,10,13H,5-9H2,1-2H3. The number of rotatable bonds is 8. The lowest BCUT2D eigenvalue weighted by molar-refractivity contribution is 0.199. The van der Waals surface area contributed by atoms with Gasteiger partial charge in [-0.3, -0.25) is 0 Å². The molecule has 0 bridgehead atoms. The lowest BCUT2D eigenvalue weighted by atomic mass is 10.3. The molecule has 0 aliphatic carbocycles. The van der Waals surface area contributed by atoms with Gasteiger partial charge in [0.05, 0.1) is 17.3 Å². The fraction of sp³-hybridized carbons (Fsp3) is 0.583. The molecule has 1 rings (SSSR count). The third-order valence-electron chi connectivity index (χ3n) is 2.13. The van der Waals surface area contributed by atoms with Crippen LogP contribution >= 0.6 is 11.3 Å². The highest BCUT2D eigenvalue weighted by Gasteiger charge is 1.93. The van der Waals surface area contributed by atoms with Crippen molar-refractivity contribution in [1.82, 2.24) is 10.3 Å². The number of hydrogen-bond donors (Lipinski definition) is 1. The molecule has 1 aromatic rings. The summed E-state index contributed by atoms with van der Waals surface area (Å²) in [7, 11) is 1.72. The number of thiazole rings is 1. The smallest absolute Gasteiger partial charge is 0.0897 e. The van der Waals surface area contributed by atoms with E-state index in [1.807, 2.05) is 6.92 Å². The molecular weight excluding hydrogens is 220 g/mol. The molecule has 0 aliphatic rings. The normalized spacial score (nSPS) is 11.4. The highest BCUT2D eigenvalue weighted by molar-refractivity contribution is 7.09. The van der Waals surface area contributed by atoms with Gasteiger partial charge in [0.25, 0.3) is 0 Å². The van der Waals surface area contributed by atoms with Crippen molar-refractivity contribution in [3.05, 3.63) is 28.2 Å². The average Bonchev–Trinajstić information content (AvgIpc) is 2.68. The topological polar surface area (TPSA) is 34.1 Å². The summed E-state index contributed by atoms with van der Waals surface area (Å²) in [4.78, 5) is 4.40. The van der Waals surface area contributed by atoms with Crippen molar-refractivity contribution in [1.29, 1.82) is 0 Å². The molecule has 16 heavy (non-hydrogen) atoms. The molecule has 90 valence electrons. The number of hydrogen-bond acceptors (Lipinski definition) is 4. The van der Waals surface area contributed by atoms with E-state index < -0.39 is 0 Å². The van der Waals surface area contributed by atoms with Crippen LogP contribution in [0.5, 0.6) is 0 Å². The van der Waals surface area contributed by atoms with Gasteiger partial charge in [-0.1, -0.05) is 12.2 Å². The number of methoxy groups -OCH3 is 1. The molecule has 3 nitrogen and oxygen atoms in total. The molecular formula is C12H20N2OS. The molecule has 4 heteroatoms. The van der Waals surface area contributed by atoms with E-state index in [0.29, 0.717) is 0 Å². The van der Waals surface area contributed by atoms with Crippen LogP contribution in [0.2, 0.25) is 0 Å². The minimum Gasteiger partial charge on any atom is -0.383 e. The van der Waals surface area contributed by atoms with Gasteiger partial charge in [0.15, 0.2) is 0 Å². The predicted octanol–water partition coefficient (Wildman–Crippen LogP) is 2.18. The Morgan fingerprint density at radius 3 is 3.00 bits per heavy atom. The van der Waals surface area contributed by atoms with Crippen molar-refractivity contribution in [3.63, 3.8) is 0 Å². The summed E-state index contributed by atoms with van der Waals surface area (Å²) in [5.74, 6) is 0. The number of nitrogens with zero attached hydrogens (tertiary/aromatic N) is 1. The monoisotopic (exact) mass is 240 g/mol. The van der Waals surface area contributed by atoms with E-state index in [4.69, 9.17) is 4.74 Å². The van der Waals surface area contributed by atoms with E-state index in [1.54, 1.807) is 18.4 Å². The summed E-state index contributed by atoms with van der Waals surface area (Å²) < 4.78 is 4.94. The maximum absolute atomic E-state index is 4.94. The van der Waals surface area contributed by atoms with Gasteiger partial charge in [-0.05, 0) is 19.9 Å². The first kappa shape index (κ1) is 13.4. The quantitative estimate of drug-likeness (QED) is 0.558. The van der Waals surface area contributed by atoms with Crippen molar-refractivity contribution in [2.45, 2.75) is 19.8 Å². The molecule has 0 fully saturated rings. The summed E-state index contributed by atoms with van der Waals surface area (Å²) in [6.07, 6.45) is 6.40. The van der Waals surface area contributed by atoms with Crippen LogP contribution in [0.4, 0.5) is 0 Å². The Hall–Kier alpha value is -0.710. The maximum atomic E-state index is 4.94. The lowest BCUT2D eigenvalue weighted by Gasteiger charge is -2.00. The number of aryl methyl sites for hydroxylation is 1. The Morgan fingerprint density at radius 1 is 1.44 bits per heavy atom. The van der Waals surface area contributed by atoms with E-state index >= 15 is 0 Å². The van der Waals surface area contributed by atoms with Crippen LogP contribution in [0.15, 0.2) is 17.5 Å². The second kappa shape index (κ2) is 8.44. The molecule has 0 unspecified atom stereocenters. The van der Waals surface area contributed by atoms with Crippen LogP contribution in [0.3, 0.4) is 0 Å². The first-order chi connectivity index (χ1) is 7.83. The summed E-state index contributed by atoms with van der Waals surface area (Å²) in [5.41, 5.74) is 1.17. The molecule has 0 aliphatic heterocycles. The Morgan fingerprint density at radius 2 is 2.31 bits per heavy atom. The van der Waals surface area contributed by atoms with Gasteiger partial charge in [-0.15, -0.1) is 11.3 Å². The van der Waals surface area contributed by atoms with Crippen molar-refractivity contribution >= 4 is 11.3 Å². The van der Waals surface area contributed by atoms with Gasteiger partial charge in [0.1, 0.15) is 0 Å². The first-order valence-corrected chi connectivity index (χ1v) is 6.46. The predicted molar refractivity (Wildman–Crippen MR) is 69.1 cm³/mol. The largest absolute Gasteiger partial charge is 0.383 e. The highest BCUT2D eigenvalue weighted by atomic mass is 32.1. The fourth-order valence-electron chi connectivity index (χ4n) is 1.31. The van der Waals surface area contributed by atoms with E-state index in [1.165, 1.54) is 5.69 Å². The summed E-state index contributed by atoms with van der Waals surface area (Å²) in [6, 6.07) is 0. The molecule has 1 N–H and O–H groups in total. The average molecular weight is 240 g/mol. The van der Waals surface area contributed by atoms with E-state index in [2.05, 4.69) is 27.8 Å². The summed E-state index contributed by atoms with van der Waals surface area (Å²) >= 11 is 1.71. The number of aromatic nitrogens is 1. The van der Waals surface area contributed by atoms with E-state index in [-0.39, 0.29) is 0 Å². The zero-order valence-corrected chi connectivity index (χ0v) is 10.8. The van der Waals surface area contributed by atoms with Gasteiger partial charge >= 0.3 is 0 Å². The number of ether oxygens (including phenoxy) is 1. The fourth-order valence-corrected chi connectivity index (χ4v) is 1.93. The molecule has 0 spiro atoms. The zero-order valence-electron chi connectivity index (χ0n) is 10.0. The SMILES string of the molecule is COCCNCCC=CCc1csc(C)n1. The number of allylic oxidation sites excluding steroid dienone is 1. The van der Waals surface area contributed by atoms with Crippen molar-refractivity contribution in [2.24, 2.45) is 0 Å². The van der Waals surface area contributed by atoms with Crippen molar-refractivity contribution in [3.8, 4) is 0 Å². The van der Waals surface area contributed by atoms with Gasteiger partial charge in [0, 0.05) is 25.5 Å². The first-order valence-electron chi connectivity index (χ1n) is 5.58. The minimum absolute atomic E-state index is 0.780. The van der Waals surface area contributed by atoms with Crippen LogP contribution in [0.25, 0.3) is 0 Å². The van der Waals surface area contributed by atoms with Gasteiger partial charge < -0.3 is 10.1 Å². The molecule has 0 aromatic carbocycles. The molecule has 1 heterocycles. The molecule has 0 amide bonds. The molecule has 0 saturated heterocycles. The van der Waals surface area contributed by atoms with Gasteiger partial charge in [-0.25, -0.2) is 4.98 Å². The Labute approximate surface area is 102 Å². The van der Waals surface area contributed by atoms with Crippen LogP contribution < -0.4 is 5.32 Å². The van der Waals surface area contributed by atoms with Crippen LogP contribution in [-0.4, -0.2) is 31.8 Å². The third-order valence-corrected chi connectivity index (χ3v) is 2.95. The van der Waals surface area contributed by atoms with Gasteiger partial charge in [0.2, 0.25) is 0 Å². The molecule has 1 aromatic heterocycles. The molecule has 0 saturated carbocycles. The van der Waals surface area contributed by atoms with Crippen LogP contribution in [-0.2, 0) is 11.2 Å². The minimum atomic E-state index is 0.780. The Balaban J connectivity index is 2.00. The summed E-state index contributed by atoms with van der Waals surface area (Å²) in [6.45, 7) is 4.75. The van der Waals surface area contributed by atoms with Crippen LogP contribution in [0, 0.1) is 6.92 Å². The second-order valence-corrected chi connectivity index (χ2v) is 4.63. The van der Waals surface area contributed by atoms with Gasteiger partial charge in [-0.2, -0.15) is 0 Å². The third kappa shape index (κ3) is 6.00.